The van der Waals surface area contributed by atoms with Gasteiger partial charge in [0.15, 0.2) is 0 Å². The Kier molecular flexibility index (Phi) is 8.27. The predicted octanol–water partition coefficient (Wildman–Crippen LogP) is 4.83. The zero-order valence-electron chi connectivity index (χ0n) is 15.7. The van der Waals surface area contributed by atoms with Crippen LogP contribution < -0.4 is 5.32 Å². The fraction of sp³-hybridized carbons (Fsp3) is 0.318. The number of ether oxygens (including phenoxy) is 1. The average Bonchev–Trinajstić information content (AvgIpc) is 2.71. The third-order valence-electron chi connectivity index (χ3n) is 4.63. The molecule has 1 fully saturated rings. The van der Waals surface area contributed by atoms with Crippen LogP contribution in [0.4, 0.5) is 0 Å². The molecule has 1 heterocycles. The molecule has 0 unspecified atom stereocenters. The zero-order chi connectivity index (χ0) is 19.8. The normalized spacial score (nSPS) is 15.1. The highest BCUT2D eigenvalue weighted by Gasteiger charge is 2.10. The zero-order valence-corrected chi connectivity index (χ0v) is 18.8. The van der Waals surface area contributed by atoms with Gasteiger partial charge in [-0.3, -0.25) is 9.69 Å². The summed E-state index contributed by atoms with van der Waals surface area (Å²) in [5.74, 6) is -0.0202. The number of rotatable bonds is 7. The molecule has 6 heteroatoms. The van der Waals surface area contributed by atoms with Gasteiger partial charge in [-0.05, 0) is 48.4 Å². The first-order valence-electron chi connectivity index (χ1n) is 9.43. The minimum atomic E-state index is -0.0202. The van der Waals surface area contributed by atoms with Crippen LogP contribution in [-0.4, -0.2) is 50.2 Å². The number of carbonyl (C=O) groups is 1. The summed E-state index contributed by atoms with van der Waals surface area (Å²) in [6.45, 7) is 5.28. The van der Waals surface area contributed by atoms with Crippen LogP contribution in [0.3, 0.4) is 0 Å². The number of nitrogens with one attached hydrogen (secondary N) is 1. The Bertz CT molecular complexity index is 816. The van der Waals surface area contributed by atoms with Crippen molar-refractivity contribution in [2.24, 2.45) is 0 Å². The van der Waals surface area contributed by atoms with Crippen LogP contribution in [0.25, 0.3) is 12.2 Å². The number of hydrogen-bond acceptors (Lipinski definition) is 3. The lowest BCUT2D eigenvalue weighted by Crippen LogP contribution is -2.38. The van der Waals surface area contributed by atoms with Gasteiger partial charge >= 0.3 is 0 Å². The molecule has 0 aliphatic carbocycles. The van der Waals surface area contributed by atoms with Gasteiger partial charge in [-0.2, -0.15) is 0 Å². The predicted molar refractivity (Wildman–Crippen MR) is 121 cm³/mol. The number of benzene rings is 2. The molecule has 2 aromatic carbocycles. The van der Waals surface area contributed by atoms with Crippen molar-refractivity contribution in [3.63, 3.8) is 0 Å². The van der Waals surface area contributed by atoms with E-state index in [4.69, 9.17) is 4.74 Å². The Morgan fingerprint density at radius 1 is 1.07 bits per heavy atom. The van der Waals surface area contributed by atoms with Gasteiger partial charge in [-0.15, -0.1) is 0 Å². The van der Waals surface area contributed by atoms with E-state index in [0.29, 0.717) is 12.1 Å². The van der Waals surface area contributed by atoms with E-state index in [1.807, 2.05) is 48.5 Å². The number of carbonyl (C=O) groups excluding carboxylic acids is 1. The molecule has 0 aromatic heterocycles. The largest absolute Gasteiger partial charge is 0.379 e. The Morgan fingerprint density at radius 2 is 1.82 bits per heavy atom. The van der Waals surface area contributed by atoms with Gasteiger partial charge in [0.1, 0.15) is 0 Å². The summed E-state index contributed by atoms with van der Waals surface area (Å²) in [6, 6.07) is 13.7. The molecular weight excluding hydrogens is 484 g/mol. The van der Waals surface area contributed by atoms with E-state index in [9.17, 15) is 4.79 Å². The van der Waals surface area contributed by atoms with Crippen molar-refractivity contribution < 1.29 is 9.53 Å². The summed E-state index contributed by atoms with van der Waals surface area (Å²) in [5.41, 5.74) is 2.84. The van der Waals surface area contributed by atoms with Gasteiger partial charge in [0.25, 0.3) is 5.91 Å². The number of morpholine rings is 1. The molecule has 1 N–H and O–H groups in total. The minimum absolute atomic E-state index is 0.0202. The second-order valence-electron chi connectivity index (χ2n) is 6.68. The Morgan fingerprint density at radius 3 is 2.54 bits per heavy atom. The summed E-state index contributed by atoms with van der Waals surface area (Å²) in [7, 11) is 0. The third kappa shape index (κ3) is 6.55. The number of nitrogens with zero attached hydrogens (tertiary/aromatic N) is 1. The first-order chi connectivity index (χ1) is 13.6. The van der Waals surface area contributed by atoms with Crippen molar-refractivity contribution in [1.29, 1.82) is 0 Å². The van der Waals surface area contributed by atoms with Crippen LogP contribution >= 0.6 is 31.9 Å². The van der Waals surface area contributed by atoms with Gasteiger partial charge in [-0.25, -0.2) is 0 Å². The van der Waals surface area contributed by atoms with E-state index < -0.39 is 0 Å². The van der Waals surface area contributed by atoms with E-state index in [0.717, 1.165) is 59.3 Å². The molecule has 0 spiro atoms. The molecule has 0 atom stereocenters. The first-order valence-corrected chi connectivity index (χ1v) is 11.0. The van der Waals surface area contributed by atoms with E-state index in [1.54, 1.807) is 0 Å². The second-order valence-corrected chi connectivity index (χ2v) is 8.45. The SMILES string of the molecule is O=C(NCCCN1CCOCC1)c1ccc(/C=C/c2ccc(Br)cc2Br)cc1. The highest BCUT2D eigenvalue weighted by atomic mass is 79.9. The van der Waals surface area contributed by atoms with Crippen LogP contribution in [0.15, 0.2) is 51.4 Å². The van der Waals surface area contributed by atoms with Gasteiger partial charge in [-0.1, -0.05) is 62.2 Å². The molecule has 148 valence electrons. The van der Waals surface area contributed by atoms with Crippen molar-refractivity contribution in [3.05, 3.63) is 68.1 Å². The van der Waals surface area contributed by atoms with E-state index in [2.05, 4.69) is 48.2 Å². The lowest BCUT2D eigenvalue weighted by atomic mass is 10.1. The molecule has 0 saturated carbocycles. The molecule has 1 saturated heterocycles. The van der Waals surface area contributed by atoms with Crippen molar-refractivity contribution in [1.82, 2.24) is 10.2 Å². The van der Waals surface area contributed by atoms with Crippen molar-refractivity contribution in [2.75, 3.05) is 39.4 Å². The third-order valence-corrected chi connectivity index (χ3v) is 5.81. The fourth-order valence-electron chi connectivity index (χ4n) is 3.00. The van der Waals surface area contributed by atoms with Crippen LogP contribution in [0.1, 0.15) is 27.9 Å². The van der Waals surface area contributed by atoms with Gasteiger partial charge < -0.3 is 10.1 Å². The average molecular weight is 508 g/mol. The summed E-state index contributed by atoms with van der Waals surface area (Å²) in [5, 5.41) is 3.00. The monoisotopic (exact) mass is 506 g/mol. The van der Waals surface area contributed by atoms with Gasteiger partial charge in [0, 0.05) is 34.1 Å². The summed E-state index contributed by atoms with van der Waals surface area (Å²) in [4.78, 5) is 14.7. The summed E-state index contributed by atoms with van der Waals surface area (Å²) >= 11 is 7.02. The summed E-state index contributed by atoms with van der Waals surface area (Å²) in [6.07, 6.45) is 5.05. The van der Waals surface area contributed by atoms with Crippen molar-refractivity contribution in [3.8, 4) is 0 Å². The second kappa shape index (κ2) is 10.9. The van der Waals surface area contributed by atoms with Crippen molar-refractivity contribution >= 4 is 49.9 Å². The molecule has 1 aliphatic rings. The Labute approximate surface area is 183 Å². The molecule has 3 rings (SSSR count). The lowest BCUT2D eigenvalue weighted by molar-refractivity contribution is 0.0374. The van der Waals surface area contributed by atoms with E-state index in [-0.39, 0.29) is 5.91 Å². The highest BCUT2D eigenvalue weighted by Crippen LogP contribution is 2.23. The Hall–Kier alpha value is -1.47. The number of amides is 1. The topological polar surface area (TPSA) is 41.6 Å². The Balaban J connectivity index is 1.46. The maximum Gasteiger partial charge on any atom is 0.251 e. The van der Waals surface area contributed by atoms with Gasteiger partial charge in [0.2, 0.25) is 0 Å². The molecule has 28 heavy (non-hydrogen) atoms. The van der Waals surface area contributed by atoms with Crippen molar-refractivity contribution in [2.45, 2.75) is 6.42 Å². The van der Waals surface area contributed by atoms with Crippen LogP contribution in [-0.2, 0) is 4.74 Å². The molecule has 0 bridgehead atoms. The molecule has 4 nitrogen and oxygen atoms in total. The fourth-order valence-corrected chi connectivity index (χ4v) is 4.18. The maximum absolute atomic E-state index is 12.3. The standard InChI is InChI=1S/C22H24Br2N2O2/c23-20-9-8-18(21(24)16-20)5-2-17-3-6-19(7-4-17)22(27)25-10-1-11-26-12-14-28-15-13-26/h2-9,16H,1,10-15H2,(H,25,27)/b5-2+. The first kappa shape index (κ1) is 21.2. The molecule has 0 radical (unpaired) electrons. The maximum atomic E-state index is 12.3. The number of hydrogen-bond donors (Lipinski definition) is 1. The highest BCUT2D eigenvalue weighted by molar-refractivity contribution is 9.11. The summed E-state index contributed by atoms with van der Waals surface area (Å²) < 4.78 is 7.42. The minimum Gasteiger partial charge on any atom is -0.379 e. The van der Waals surface area contributed by atoms with E-state index in [1.165, 1.54) is 0 Å². The van der Waals surface area contributed by atoms with Crippen LogP contribution in [0.5, 0.6) is 0 Å². The van der Waals surface area contributed by atoms with Crippen LogP contribution in [0.2, 0.25) is 0 Å². The quantitative estimate of drug-likeness (QED) is 0.431. The molecular formula is C22H24Br2N2O2. The van der Waals surface area contributed by atoms with Crippen LogP contribution in [0, 0.1) is 0 Å². The molecule has 1 amide bonds. The van der Waals surface area contributed by atoms with Gasteiger partial charge in [0.05, 0.1) is 13.2 Å². The van der Waals surface area contributed by atoms with E-state index >= 15 is 0 Å². The number of halogens is 2. The smallest absolute Gasteiger partial charge is 0.251 e. The lowest BCUT2D eigenvalue weighted by Gasteiger charge is -2.26. The molecule has 1 aliphatic heterocycles. The molecule has 2 aromatic rings.